The molecule has 0 unspecified atom stereocenters. The van der Waals surface area contributed by atoms with Gasteiger partial charge in [0.05, 0.1) is 9.82 Å². The third kappa shape index (κ3) is 5.10. The maximum Gasteiger partial charge on any atom is 0.324 e. The van der Waals surface area contributed by atoms with Gasteiger partial charge >= 0.3 is 5.97 Å². The lowest BCUT2D eigenvalue weighted by Gasteiger charge is -2.13. The maximum atomic E-state index is 13.1. The van der Waals surface area contributed by atoms with Gasteiger partial charge in [0.1, 0.15) is 5.82 Å². The summed E-state index contributed by atoms with van der Waals surface area (Å²) in [6.45, 7) is 0.305. The number of sulfone groups is 1. The van der Waals surface area contributed by atoms with Crippen molar-refractivity contribution < 1.29 is 32.1 Å². The Hall–Kier alpha value is -3.34. The van der Waals surface area contributed by atoms with Crippen LogP contribution in [0.25, 0.3) is 0 Å². The van der Waals surface area contributed by atoms with Crippen molar-refractivity contribution in [2.24, 2.45) is 0 Å². The van der Waals surface area contributed by atoms with Gasteiger partial charge in [-0.1, -0.05) is 6.07 Å². The number of nitrogens with one attached hydrogen (secondary N) is 1. The molecule has 0 aliphatic rings. The lowest BCUT2D eigenvalue weighted by Crippen LogP contribution is -2.31. The van der Waals surface area contributed by atoms with E-state index < -0.39 is 44.3 Å². The molecule has 0 saturated heterocycles. The highest BCUT2D eigenvalue weighted by atomic mass is 32.2. The van der Waals surface area contributed by atoms with Gasteiger partial charge < -0.3 is 10.1 Å². The molecule has 1 atom stereocenters. The summed E-state index contributed by atoms with van der Waals surface area (Å²) >= 11 is 0. The van der Waals surface area contributed by atoms with Gasteiger partial charge in [-0.15, -0.1) is 0 Å². The lowest BCUT2D eigenvalue weighted by atomic mass is 10.3. The SMILES string of the molecule is C[C@@H](C(=O)OCC(=O)Nc1cccc(F)c1)S(=O)(=O)c1ccc([N+](=O)[O-])cc1. The van der Waals surface area contributed by atoms with Gasteiger partial charge in [-0.25, -0.2) is 12.8 Å². The van der Waals surface area contributed by atoms with Crippen molar-refractivity contribution in [1.29, 1.82) is 0 Å². The van der Waals surface area contributed by atoms with Crippen LogP contribution in [0.4, 0.5) is 15.8 Å². The third-order valence-electron chi connectivity index (χ3n) is 3.63. The predicted molar refractivity (Wildman–Crippen MR) is 95.7 cm³/mol. The van der Waals surface area contributed by atoms with Crippen LogP contribution in [-0.4, -0.2) is 37.1 Å². The minimum absolute atomic E-state index is 0.146. The summed E-state index contributed by atoms with van der Waals surface area (Å²) in [6, 6.07) is 9.04. The molecular weight excluding hydrogens is 395 g/mol. The minimum atomic E-state index is -4.17. The van der Waals surface area contributed by atoms with Crippen molar-refractivity contribution in [3.05, 3.63) is 64.5 Å². The number of non-ortho nitro benzene ring substituents is 1. The number of nitro benzene ring substituents is 1. The lowest BCUT2D eigenvalue weighted by molar-refractivity contribution is -0.384. The average molecular weight is 410 g/mol. The van der Waals surface area contributed by atoms with E-state index in [1.54, 1.807) is 0 Å². The molecular formula is C17H15FN2O7S. The summed E-state index contributed by atoms with van der Waals surface area (Å²) in [6.07, 6.45) is 0. The fourth-order valence-corrected chi connectivity index (χ4v) is 3.35. The third-order valence-corrected chi connectivity index (χ3v) is 5.68. The molecule has 0 spiro atoms. The van der Waals surface area contributed by atoms with Crippen molar-refractivity contribution in [3.8, 4) is 0 Å². The van der Waals surface area contributed by atoms with Crippen LogP contribution in [0.5, 0.6) is 0 Å². The first-order valence-corrected chi connectivity index (χ1v) is 9.36. The molecule has 0 fully saturated rings. The Labute approximate surface area is 159 Å². The standard InChI is InChI=1S/C17H15FN2O7S/c1-11(28(25,26)15-7-5-14(6-8-15)20(23)24)17(22)27-10-16(21)19-13-4-2-3-12(18)9-13/h2-9,11H,10H2,1H3,(H,19,21)/t11-/m0/s1. The van der Waals surface area contributed by atoms with E-state index >= 15 is 0 Å². The van der Waals surface area contributed by atoms with E-state index in [9.17, 15) is 32.5 Å². The van der Waals surface area contributed by atoms with Gasteiger partial charge in [-0.3, -0.25) is 19.7 Å². The minimum Gasteiger partial charge on any atom is -0.455 e. The van der Waals surface area contributed by atoms with Gasteiger partial charge in [0.15, 0.2) is 21.7 Å². The largest absolute Gasteiger partial charge is 0.455 e. The molecule has 1 amide bonds. The van der Waals surface area contributed by atoms with E-state index in [1.165, 1.54) is 18.2 Å². The topological polar surface area (TPSA) is 133 Å². The molecule has 28 heavy (non-hydrogen) atoms. The highest BCUT2D eigenvalue weighted by Gasteiger charge is 2.31. The van der Waals surface area contributed by atoms with Crippen LogP contribution in [-0.2, 0) is 24.2 Å². The molecule has 1 N–H and O–H groups in total. The second-order valence-electron chi connectivity index (χ2n) is 5.60. The van der Waals surface area contributed by atoms with Crippen LogP contribution in [0.15, 0.2) is 53.4 Å². The second kappa shape index (κ2) is 8.57. The summed E-state index contributed by atoms with van der Waals surface area (Å²) in [4.78, 5) is 33.4. The monoisotopic (exact) mass is 410 g/mol. The maximum absolute atomic E-state index is 13.1. The number of esters is 1. The molecule has 11 heteroatoms. The number of nitrogens with zero attached hydrogens (tertiary/aromatic N) is 1. The number of nitro groups is 1. The number of carbonyl (C=O) groups is 2. The highest BCUT2D eigenvalue weighted by molar-refractivity contribution is 7.92. The number of halogens is 1. The number of carbonyl (C=O) groups excluding carboxylic acids is 2. The number of amides is 1. The Morgan fingerprint density at radius 1 is 1.21 bits per heavy atom. The Morgan fingerprint density at radius 2 is 1.86 bits per heavy atom. The van der Waals surface area contributed by atoms with E-state index in [-0.39, 0.29) is 16.3 Å². The van der Waals surface area contributed by atoms with Crippen LogP contribution in [0, 0.1) is 15.9 Å². The van der Waals surface area contributed by atoms with Crippen LogP contribution in [0.3, 0.4) is 0 Å². The van der Waals surface area contributed by atoms with E-state index in [0.29, 0.717) is 0 Å². The summed E-state index contributed by atoms with van der Waals surface area (Å²) in [7, 11) is -4.17. The first-order chi connectivity index (χ1) is 13.1. The van der Waals surface area contributed by atoms with Crippen molar-refractivity contribution in [1.82, 2.24) is 0 Å². The quantitative estimate of drug-likeness (QED) is 0.420. The first kappa shape index (κ1) is 21.0. The Balaban J connectivity index is 1.98. The zero-order chi connectivity index (χ0) is 20.9. The Kier molecular flexibility index (Phi) is 6.41. The number of hydrogen-bond acceptors (Lipinski definition) is 7. The zero-order valence-corrected chi connectivity index (χ0v) is 15.3. The van der Waals surface area contributed by atoms with Gasteiger partial charge in [0.2, 0.25) is 0 Å². The smallest absolute Gasteiger partial charge is 0.324 e. The van der Waals surface area contributed by atoms with Crippen LogP contribution < -0.4 is 5.32 Å². The van der Waals surface area contributed by atoms with Crippen LogP contribution in [0.1, 0.15) is 6.92 Å². The number of benzene rings is 2. The van der Waals surface area contributed by atoms with Crippen molar-refractivity contribution in [2.45, 2.75) is 17.1 Å². The van der Waals surface area contributed by atoms with Crippen LogP contribution >= 0.6 is 0 Å². The molecule has 0 aromatic heterocycles. The summed E-state index contributed by atoms with van der Waals surface area (Å²) in [5.41, 5.74) is -0.157. The molecule has 2 rings (SSSR count). The summed E-state index contributed by atoms with van der Waals surface area (Å²) in [5, 5.41) is 11.3. The zero-order valence-electron chi connectivity index (χ0n) is 14.5. The molecule has 2 aromatic rings. The van der Waals surface area contributed by atoms with E-state index in [0.717, 1.165) is 37.3 Å². The summed E-state index contributed by atoms with van der Waals surface area (Å²) in [5.74, 6) is -2.52. The molecule has 0 saturated carbocycles. The molecule has 0 radical (unpaired) electrons. The van der Waals surface area contributed by atoms with E-state index in [2.05, 4.69) is 5.32 Å². The van der Waals surface area contributed by atoms with Crippen molar-refractivity contribution >= 4 is 33.1 Å². The van der Waals surface area contributed by atoms with Crippen molar-refractivity contribution in [3.63, 3.8) is 0 Å². The van der Waals surface area contributed by atoms with Gasteiger partial charge in [0.25, 0.3) is 11.6 Å². The average Bonchev–Trinajstić information content (AvgIpc) is 2.65. The number of anilines is 1. The Bertz CT molecular complexity index is 1010. The Morgan fingerprint density at radius 3 is 2.43 bits per heavy atom. The summed E-state index contributed by atoms with van der Waals surface area (Å²) < 4.78 is 42.6. The normalized spacial score (nSPS) is 12.1. The first-order valence-electron chi connectivity index (χ1n) is 7.81. The van der Waals surface area contributed by atoms with Crippen LogP contribution in [0.2, 0.25) is 0 Å². The molecule has 9 nitrogen and oxygen atoms in total. The highest BCUT2D eigenvalue weighted by Crippen LogP contribution is 2.20. The fraction of sp³-hybridized carbons (Fsp3) is 0.176. The molecule has 0 aliphatic carbocycles. The van der Waals surface area contributed by atoms with Gasteiger partial charge in [0, 0.05) is 17.8 Å². The van der Waals surface area contributed by atoms with E-state index in [1.807, 2.05) is 0 Å². The van der Waals surface area contributed by atoms with E-state index in [4.69, 9.17) is 4.74 Å². The fourth-order valence-electron chi connectivity index (χ4n) is 2.11. The van der Waals surface area contributed by atoms with Crippen molar-refractivity contribution in [2.75, 3.05) is 11.9 Å². The number of ether oxygens (including phenoxy) is 1. The molecule has 0 aliphatic heterocycles. The molecule has 148 valence electrons. The number of rotatable bonds is 7. The van der Waals surface area contributed by atoms with Gasteiger partial charge in [-0.2, -0.15) is 0 Å². The van der Waals surface area contributed by atoms with Gasteiger partial charge in [-0.05, 0) is 37.3 Å². The molecule has 0 bridgehead atoms. The molecule has 0 heterocycles. The molecule has 2 aromatic carbocycles. The predicted octanol–water partition coefficient (Wildman–Crippen LogP) is 2.08. The number of hydrogen-bond donors (Lipinski definition) is 1. The second-order valence-corrected chi connectivity index (χ2v) is 7.87.